The maximum atomic E-state index is 12.1. The molecule has 4 aromatic rings. The fourth-order valence-electron chi connectivity index (χ4n) is 3.61. The van der Waals surface area contributed by atoms with Gasteiger partial charge in [0.1, 0.15) is 17.6 Å². The van der Waals surface area contributed by atoms with E-state index in [1.807, 2.05) is 0 Å². The fraction of sp³-hybridized carbons (Fsp3) is 0.286. The van der Waals surface area contributed by atoms with Crippen LogP contribution in [0.15, 0.2) is 55.2 Å². The first kappa shape index (κ1) is 34.6. The number of aromatic hydroxyl groups is 1. The summed E-state index contributed by atoms with van der Waals surface area (Å²) in [5.41, 5.74) is -0.800. The minimum atomic E-state index is -0.859. The third-order valence-corrected chi connectivity index (χ3v) is 6.29. The molecule has 2 aromatic heterocycles. The van der Waals surface area contributed by atoms with Crippen LogP contribution in [0.5, 0.6) is 5.75 Å². The van der Waals surface area contributed by atoms with Crippen molar-refractivity contribution < 1.29 is 38.1 Å². The summed E-state index contributed by atoms with van der Waals surface area (Å²) in [7, 11) is 4.24. The standard InChI is InChI=1S/C13H12ClNO4.C9H6ClNO3.C6H10O4/c1-3-19-13(18)10-11(16)9-7(14)5-4-6-8(9)15(2)12(10)17;1-11-6-4-2-3-5(10)7(6)8(12)14-9(11)13;1-3-10-6(8)4-5(7)9-2/h4-6,16H,3H2,1-2H3;2-4H,1H3;3-4H2,1-2H3. The first-order chi connectivity index (χ1) is 20.3. The highest BCUT2D eigenvalue weighted by Gasteiger charge is 2.23. The number of pyridine rings is 1. The van der Waals surface area contributed by atoms with E-state index in [4.69, 9.17) is 27.9 Å². The molecule has 230 valence electrons. The smallest absolute Gasteiger partial charge is 0.422 e. The van der Waals surface area contributed by atoms with Crippen LogP contribution in [0, 0.1) is 0 Å². The van der Waals surface area contributed by atoms with Gasteiger partial charge in [0.25, 0.3) is 5.56 Å². The number of methoxy groups -OCH3 is 1. The number of carbonyl (C=O) groups excluding carboxylic acids is 3. The van der Waals surface area contributed by atoms with Gasteiger partial charge in [-0.2, -0.15) is 0 Å². The van der Waals surface area contributed by atoms with Crippen molar-refractivity contribution in [3.8, 4) is 5.75 Å². The van der Waals surface area contributed by atoms with Gasteiger partial charge in [-0.25, -0.2) is 14.4 Å². The molecule has 15 heteroatoms. The maximum Gasteiger partial charge on any atom is 0.422 e. The number of fused-ring (bicyclic) bond motifs is 2. The number of hydrogen-bond donors (Lipinski definition) is 1. The SMILES string of the molecule is CCOC(=O)CC(=O)OC.CCOC(=O)c1c(O)c2c(Cl)cccc2n(C)c1=O.Cn1c(=O)oc(=O)c2c(Cl)cccc21. The summed E-state index contributed by atoms with van der Waals surface area (Å²) >= 11 is 11.8. The molecule has 0 atom stereocenters. The van der Waals surface area contributed by atoms with Gasteiger partial charge in [0.2, 0.25) is 0 Å². The van der Waals surface area contributed by atoms with Gasteiger partial charge in [0.05, 0.1) is 46.8 Å². The van der Waals surface area contributed by atoms with Gasteiger partial charge >= 0.3 is 29.3 Å². The molecular formula is C28H28Cl2N2O11. The molecular weight excluding hydrogens is 611 g/mol. The van der Waals surface area contributed by atoms with Crippen LogP contribution in [-0.2, 0) is 37.9 Å². The Morgan fingerprint density at radius 3 is 1.91 bits per heavy atom. The van der Waals surface area contributed by atoms with E-state index in [2.05, 4.69) is 13.9 Å². The monoisotopic (exact) mass is 638 g/mol. The molecule has 0 saturated heterocycles. The lowest BCUT2D eigenvalue weighted by molar-refractivity contribution is -0.152. The van der Waals surface area contributed by atoms with Crippen molar-refractivity contribution in [1.29, 1.82) is 0 Å². The first-order valence-corrected chi connectivity index (χ1v) is 13.2. The van der Waals surface area contributed by atoms with E-state index in [0.717, 1.165) is 0 Å². The molecule has 0 aliphatic heterocycles. The molecule has 0 aliphatic rings. The van der Waals surface area contributed by atoms with Crippen LogP contribution in [0.1, 0.15) is 30.6 Å². The number of carbonyl (C=O) groups is 3. The summed E-state index contributed by atoms with van der Waals surface area (Å²) < 4.78 is 20.4. The zero-order valence-electron chi connectivity index (χ0n) is 23.8. The molecule has 0 amide bonds. The number of halogens is 2. The van der Waals surface area contributed by atoms with Crippen molar-refractivity contribution >= 4 is 62.9 Å². The number of benzene rings is 2. The molecule has 0 saturated carbocycles. The number of rotatable bonds is 5. The second-order valence-electron chi connectivity index (χ2n) is 8.35. The molecule has 43 heavy (non-hydrogen) atoms. The largest absolute Gasteiger partial charge is 0.506 e. The van der Waals surface area contributed by atoms with Crippen molar-refractivity contribution in [3.05, 3.63) is 83.3 Å². The van der Waals surface area contributed by atoms with Crippen molar-refractivity contribution in [2.24, 2.45) is 14.1 Å². The van der Waals surface area contributed by atoms with Gasteiger partial charge < -0.3 is 28.3 Å². The molecule has 2 heterocycles. The van der Waals surface area contributed by atoms with Crippen molar-refractivity contribution in [1.82, 2.24) is 9.13 Å². The molecule has 0 aliphatic carbocycles. The Labute approximate surface area is 253 Å². The summed E-state index contributed by atoms with van der Waals surface area (Å²) in [5.74, 6) is -3.11. The minimum absolute atomic E-state index is 0.113. The Hall–Kier alpha value is -4.62. The zero-order chi connectivity index (χ0) is 32.4. The fourth-order valence-corrected chi connectivity index (χ4v) is 4.12. The van der Waals surface area contributed by atoms with Crippen LogP contribution in [0.25, 0.3) is 21.8 Å². The Morgan fingerprint density at radius 1 is 0.837 bits per heavy atom. The van der Waals surface area contributed by atoms with Gasteiger partial charge in [-0.1, -0.05) is 35.3 Å². The number of ether oxygens (including phenoxy) is 3. The Bertz CT molecular complexity index is 1840. The Kier molecular flexibility index (Phi) is 12.5. The van der Waals surface area contributed by atoms with Gasteiger partial charge in [-0.05, 0) is 38.1 Å². The predicted octanol–water partition coefficient (Wildman–Crippen LogP) is 3.33. The molecule has 0 bridgehead atoms. The van der Waals surface area contributed by atoms with Crippen molar-refractivity contribution in [2.45, 2.75) is 20.3 Å². The van der Waals surface area contributed by atoms with Gasteiger partial charge in [-0.15, -0.1) is 0 Å². The number of nitrogens with zero attached hydrogens (tertiary/aromatic N) is 2. The normalized spacial score (nSPS) is 10.2. The lowest BCUT2D eigenvalue weighted by Gasteiger charge is -2.11. The highest BCUT2D eigenvalue weighted by atomic mass is 35.5. The molecule has 0 fully saturated rings. The van der Waals surface area contributed by atoms with Crippen molar-refractivity contribution in [3.63, 3.8) is 0 Å². The first-order valence-electron chi connectivity index (χ1n) is 12.5. The van der Waals surface area contributed by atoms with Crippen molar-refractivity contribution in [2.75, 3.05) is 20.3 Å². The molecule has 1 N–H and O–H groups in total. The van der Waals surface area contributed by atoms with E-state index in [9.17, 15) is 33.9 Å². The number of aromatic nitrogens is 2. The summed E-state index contributed by atoms with van der Waals surface area (Å²) in [5, 5.41) is 11.2. The van der Waals surface area contributed by atoms with Gasteiger partial charge in [-0.3, -0.25) is 19.0 Å². The molecule has 0 unspecified atom stereocenters. The summed E-state index contributed by atoms with van der Waals surface area (Å²) in [6.45, 7) is 3.69. The molecule has 0 radical (unpaired) electrons. The van der Waals surface area contributed by atoms with Crippen LogP contribution in [0.4, 0.5) is 0 Å². The molecule has 0 spiro atoms. The van der Waals surface area contributed by atoms with E-state index in [1.165, 1.54) is 30.3 Å². The second kappa shape index (κ2) is 15.6. The van der Waals surface area contributed by atoms with E-state index in [0.29, 0.717) is 11.0 Å². The van der Waals surface area contributed by atoms with Crippen LogP contribution < -0.4 is 16.9 Å². The lowest BCUT2D eigenvalue weighted by atomic mass is 10.1. The Morgan fingerprint density at radius 2 is 1.37 bits per heavy atom. The van der Waals surface area contributed by atoms with Crippen LogP contribution in [0.2, 0.25) is 10.0 Å². The number of aryl methyl sites for hydroxylation is 2. The zero-order valence-corrected chi connectivity index (χ0v) is 25.3. The minimum Gasteiger partial charge on any atom is -0.506 e. The third kappa shape index (κ3) is 8.23. The summed E-state index contributed by atoms with van der Waals surface area (Å²) in [6, 6.07) is 9.75. The highest BCUT2D eigenvalue weighted by molar-refractivity contribution is 6.36. The van der Waals surface area contributed by atoms with E-state index >= 15 is 0 Å². The summed E-state index contributed by atoms with van der Waals surface area (Å²) in [4.78, 5) is 67.1. The van der Waals surface area contributed by atoms with Gasteiger partial charge in [0, 0.05) is 14.1 Å². The van der Waals surface area contributed by atoms with Crippen LogP contribution in [0.3, 0.4) is 0 Å². The molecule has 4 rings (SSSR count). The van der Waals surface area contributed by atoms with E-state index in [1.54, 1.807) is 50.2 Å². The molecule has 13 nitrogen and oxygen atoms in total. The maximum absolute atomic E-state index is 12.1. The van der Waals surface area contributed by atoms with E-state index in [-0.39, 0.29) is 40.5 Å². The Balaban J connectivity index is 0.000000238. The quantitative estimate of drug-likeness (QED) is 0.193. The van der Waals surface area contributed by atoms with Gasteiger partial charge in [0.15, 0.2) is 5.56 Å². The summed E-state index contributed by atoms with van der Waals surface area (Å²) in [6.07, 6.45) is -0.301. The lowest BCUT2D eigenvalue weighted by Crippen LogP contribution is -2.26. The predicted molar refractivity (Wildman–Crippen MR) is 158 cm³/mol. The van der Waals surface area contributed by atoms with Crippen LogP contribution in [-0.4, -0.2) is 52.5 Å². The second-order valence-corrected chi connectivity index (χ2v) is 9.16. The third-order valence-electron chi connectivity index (χ3n) is 5.66. The number of esters is 3. The molecule has 2 aromatic carbocycles. The van der Waals surface area contributed by atoms with Crippen LogP contribution >= 0.6 is 23.2 Å². The average Bonchev–Trinajstić information content (AvgIpc) is 2.95. The highest BCUT2D eigenvalue weighted by Crippen LogP contribution is 2.32. The average molecular weight is 639 g/mol. The topological polar surface area (TPSA) is 173 Å². The van der Waals surface area contributed by atoms with E-state index < -0.39 is 46.2 Å². The number of hydrogen-bond acceptors (Lipinski definition) is 11.